The Kier molecular flexibility index (Phi) is 2.80. The second kappa shape index (κ2) is 3.88. The van der Waals surface area contributed by atoms with Gasteiger partial charge in [0.1, 0.15) is 0 Å². The second-order valence-corrected chi connectivity index (χ2v) is 1.93. The van der Waals surface area contributed by atoms with Gasteiger partial charge in [-0.05, 0) is 0 Å². The van der Waals surface area contributed by atoms with E-state index in [0.717, 1.165) is 5.69 Å². The van der Waals surface area contributed by atoms with Crippen molar-refractivity contribution >= 4 is 0 Å². The van der Waals surface area contributed by atoms with Crippen LogP contribution in [0.5, 0.6) is 5.88 Å². The first kappa shape index (κ1) is 7.94. The fourth-order valence-electron chi connectivity index (χ4n) is 0.672. The Morgan fingerprint density at radius 3 is 2.91 bits per heavy atom. The molecule has 0 aromatic carbocycles. The molecule has 1 radical (unpaired) electrons. The molecule has 0 atom stereocenters. The number of rotatable bonds is 3. The van der Waals surface area contributed by atoms with Crippen molar-refractivity contribution in [3.05, 3.63) is 18.1 Å². The van der Waals surface area contributed by atoms with Crippen LogP contribution >= 0.6 is 0 Å². The third-order valence-corrected chi connectivity index (χ3v) is 1.15. The van der Waals surface area contributed by atoms with Crippen LogP contribution in [0.15, 0.2) is 6.07 Å². The van der Waals surface area contributed by atoms with Crippen LogP contribution in [0, 0.1) is 6.33 Å². The average Bonchev–Trinajstić information content (AvgIpc) is 2.06. The Morgan fingerprint density at radius 2 is 2.27 bits per heavy atom. The minimum Gasteiger partial charge on any atom is -0.481 e. The predicted molar refractivity (Wildman–Crippen MR) is 38.1 cm³/mol. The van der Waals surface area contributed by atoms with E-state index >= 15 is 0 Å². The normalized spacial score (nSPS) is 9.64. The van der Waals surface area contributed by atoms with E-state index in [4.69, 9.17) is 9.47 Å². The maximum absolute atomic E-state index is 4.86. The number of aromatic nitrogens is 2. The molecule has 0 saturated carbocycles. The van der Waals surface area contributed by atoms with Gasteiger partial charge in [0, 0.05) is 13.2 Å². The zero-order valence-electron chi connectivity index (χ0n) is 6.50. The van der Waals surface area contributed by atoms with Crippen LogP contribution in [-0.4, -0.2) is 24.2 Å². The van der Waals surface area contributed by atoms with Crippen molar-refractivity contribution in [2.75, 3.05) is 14.2 Å². The van der Waals surface area contributed by atoms with Gasteiger partial charge in [-0.3, -0.25) is 0 Å². The minimum absolute atomic E-state index is 0.454. The molecule has 0 unspecified atom stereocenters. The zero-order valence-corrected chi connectivity index (χ0v) is 6.50. The standard InChI is InChI=1S/C7H9N2O2/c1-10-4-6-3-7(11-2)9-5-8-6/h3H,4H2,1-2H3. The molecule has 0 amide bonds. The molecule has 1 aromatic heterocycles. The molecule has 0 N–H and O–H groups in total. The number of nitrogens with zero attached hydrogens (tertiary/aromatic N) is 2. The number of ether oxygens (including phenoxy) is 2. The van der Waals surface area contributed by atoms with Gasteiger partial charge in [0.05, 0.1) is 19.4 Å². The van der Waals surface area contributed by atoms with E-state index in [0.29, 0.717) is 12.5 Å². The molecule has 0 saturated heterocycles. The summed E-state index contributed by atoms with van der Waals surface area (Å²) < 4.78 is 9.72. The number of hydrogen-bond acceptors (Lipinski definition) is 4. The predicted octanol–water partition coefficient (Wildman–Crippen LogP) is 0.432. The van der Waals surface area contributed by atoms with Gasteiger partial charge in [-0.1, -0.05) is 0 Å². The SMILES string of the molecule is COCc1cc(OC)n[c]n1. The Morgan fingerprint density at radius 1 is 1.45 bits per heavy atom. The highest BCUT2D eigenvalue weighted by Crippen LogP contribution is 2.05. The molecular weight excluding hydrogens is 144 g/mol. The molecule has 1 heterocycles. The highest BCUT2D eigenvalue weighted by molar-refractivity contribution is 5.11. The maximum atomic E-state index is 4.86. The van der Waals surface area contributed by atoms with Gasteiger partial charge in [-0.2, -0.15) is 4.98 Å². The van der Waals surface area contributed by atoms with E-state index in [9.17, 15) is 0 Å². The first-order valence-corrected chi connectivity index (χ1v) is 3.13. The van der Waals surface area contributed by atoms with E-state index in [1.54, 1.807) is 20.3 Å². The molecular formula is C7H9N2O2. The molecule has 4 nitrogen and oxygen atoms in total. The summed E-state index contributed by atoms with van der Waals surface area (Å²) in [6.07, 6.45) is 2.46. The molecule has 0 bridgehead atoms. The highest BCUT2D eigenvalue weighted by Gasteiger charge is 1.96. The van der Waals surface area contributed by atoms with Gasteiger partial charge in [0.2, 0.25) is 12.2 Å². The minimum atomic E-state index is 0.454. The van der Waals surface area contributed by atoms with E-state index in [1.165, 1.54) is 0 Å². The van der Waals surface area contributed by atoms with Crippen LogP contribution in [0.4, 0.5) is 0 Å². The first-order chi connectivity index (χ1) is 5.36. The van der Waals surface area contributed by atoms with Crippen molar-refractivity contribution < 1.29 is 9.47 Å². The van der Waals surface area contributed by atoms with Gasteiger partial charge >= 0.3 is 0 Å². The fourth-order valence-corrected chi connectivity index (χ4v) is 0.672. The molecule has 1 rings (SSSR count). The van der Waals surface area contributed by atoms with E-state index < -0.39 is 0 Å². The topological polar surface area (TPSA) is 44.2 Å². The van der Waals surface area contributed by atoms with Gasteiger partial charge in [-0.25, -0.2) is 4.98 Å². The first-order valence-electron chi connectivity index (χ1n) is 3.13. The van der Waals surface area contributed by atoms with Gasteiger partial charge in [0.15, 0.2) is 0 Å². The zero-order chi connectivity index (χ0) is 8.10. The molecule has 4 heteroatoms. The van der Waals surface area contributed by atoms with Crippen molar-refractivity contribution in [1.29, 1.82) is 0 Å². The molecule has 11 heavy (non-hydrogen) atoms. The van der Waals surface area contributed by atoms with Crippen LogP contribution in [0.3, 0.4) is 0 Å². The Hall–Kier alpha value is -1.16. The molecule has 0 aliphatic heterocycles. The lowest BCUT2D eigenvalue weighted by atomic mass is 10.4. The van der Waals surface area contributed by atoms with Gasteiger partial charge < -0.3 is 9.47 Å². The van der Waals surface area contributed by atoms with Crippen LogP contribution in [0.25, 0.3) is 0 Å². The van der Waals surface area contributed by atoms with E-state index in [1.807, 2.05) is 0 Å². The van der Waals surface area contributed by atoms with Crippen molar-refractivity contribution in [2.45, 2.75) is 6.61 Å². The monoisotopic (exact) mass is 153 g/mol. The molecule has 0 aliphatic rings. The lowest BCUT2D eigenvalue weighted by molar-refractivity contribution is 0.181. The summed E-state index contributed by atoms with van der Waals surface area (Å²) >= 11 is 0. The van der Waals surface area contributed by atoms with Crippen LogP contribution < -0.4 is 4.74 Å². The molecule has 1 aromatic rings. The fraction of sp³-hybridized carbons (Fsp3) is 0.429. The summed E-state index contributed by atoms with van der Waals surface area (Å²) in [7, 11) is 3.15. The molecule has 0 aliphatic carbocycles. The summed E-state index contributed by atoms with van der Waals surface area (Å²) in [4.78, 5) is 7.56. The van der Waals surface area contributed by atoms with Crippen molar-refractivity contribution in [1.82, 2.24) is 9.97 Å². The summed E-state index contributed by atoms with van der Waals surface area (Å²) in [6, 6.07) is 1.71. The Balaban J connectivity index is 2.74. The lowest BCUT2D eigenvalue weighted by Gasteiger charge is -1.99. The summed E-state index contributed by atoms with van der Waals surface area (Å²) in [5.41, 5.74) is 0.763. The summed E-state index contributed by atoms with van der Waals surface area (Å²) in [6.45, 7) is 0.454. The Labute approximate surface area is 65.2 Å². The van der Waals surface area contributed by atoms with Crippen molar-refractivity contribution in [3.63, 3.8) is 0 Å². The molecule has 0 fully saturated rings. The Bertz CT molecular complexity index is 227. The number of methoxy groups -OCH3 is 2. The van der Waals surface area contributed by atoms with Crippen LogP contribution in [0.2, 0.25) is 0 Å². The number of hydrogen-bond donors (Lipinski definition) is 0. The van der Waals surface area contributed by atoms with E-state index in [-0.39, 0.29) is 0 Å². The van der Waals surface area contributed by atoms with Gasteiger partial charge in [-0.15, -0.1) is 0 Å². The van der Waals surface area contributed by atoms with Crippen LogP contribution in [-0.2, 0) is 11.3 Å². The van der Waals surface area contributed by atoms with Crippen LogP contribution in [0.1, 0.15) is 5.69 Å². The third kappa shape index (κ3) is 2.16. The molecule has 59 valence electrons. The summed E-state index contributed by atoms with van der Waals surface area (Å²) in [5.74, 6) is 0.507. The molecule has 0 spiro atoms. The van der Waals surface area contributed by atoms with Crippen molar-refractivity contribution in [3.8, 4) is 5.88 Å². The van der Waals surface area contributed by atoms with Gasteiger partial charge in [0.25, 0.3) is 0 Å². The second-order valence-electron chi connectivity index (χ2n) is 1.93. The lowest BCUT2D eigenvalue weighted by Crippen LogP contribution is -1.95. The summed E-state index contributed by atoms with van der Waals surface area (Å²) in [5, 5.41) is 0. The van der Waals surface area contributed by atoms with Crippen molar-refractivity contribution in [2.24, 2.45) is 0 Å². The highest BCUT2D eigenvalue weighted by atomic mass is 16.5. The average molecular weight is 153 g/mol. The maximum Gasteiger partial charge on any atom is 0.217 e. The quantitative estimate of drug-likeness (QED) is 0.631. The third-order valence-electron chi connectivity index (χ3n) is 1.15. The smallest absolute Gasteiger partial charge is 0.217 e. The van der Waals surface area contributed by atoms with E-state index in [2.05, 4.69) is 16.3 Å². The largest absolute Gasteiger partial charge is 0.481 e.